The molecule has 0 aliphatic carbocycles. The first-order valence-electron chi connectivity index (χ1n) is 9.50. The molecule has 0 aliphatic rings. The topological polar surface area (TPSA) is 58.6 Å². The average Bonchev–Trinajstić information content (AvgIpc) is 2.74. The molecule has 3 rings (SSSR count). The summed E-state index contributed by atoms with van der Waals surface area (Å²) in [6.07, 6.45) is 0. The number of ether oxygens (including phenoxy) is 1. The summed E-state index contributed by atoms with van der Waals surface area (Å²) in [7, 11) is 1.56. The summed E-state index contributed by atoms with van der Waals surface area (Å²) in [5.41, 5.74) is 3.80. The lowest BCUT2D eigenvalue weighted by atomic mass is 10.1. The monoisotopic (exact) mass is 422 g/mol. The SMILES string of the molecule is Cc1ccc(NC(=O)CN(C)C(=O)COc2ccc(-c3ccccc3)cc2Cl)cc1. The molecule has 1 N–H and O–H groups in total. The van der Waals surface area contributed by atoms with Crippen LogP contribution >= 0.6 is 11.6 Å². The summed E-state index contributed by atoms with van der Waals surface area (Å²) in [6.45, 7) is 1.69. The third kappa shape index (κ3) is 5.84. The van der Waals surface area contributed by atoms with Gasteiger partial charge in [-0.15, -0.1) is 0 Å². The molecular formula is C24H23ClN2O3. The Bertz CT molecular complexity index is 1020. The van der Waals surface area contributed by atoms with E-state index in [0.717, 1.165) is 16.7 Å². The predicted molar refractivity (Wildman–Crippen MR) is 120 cm³/mol. The van der Waals surface area contributed by atoms with Gasteiger partial charge < -0.3 is 15.0 Å². The third-order valence-electron chi connectivity index (χ3n) is 4.53. The second-order valence-corrected chi connectivity index (χ2v) is 7.37. The van der Waals surface area contributed by atoms with Crippen molar-refractivity contribution in [3.05, 3.63) is 83.4 Å². The Hall–Kier alpha value is -3.31. The van der Waals surface area contributed by atoms with Gasteiger partial charge in [0, 0.05) is 12.7 Å². The first-order valence-corrected chi connectivity index (χ1v) is 9.88. The Kier molecular flexibility index (Phi) is 7.09. The number of anilines is 1. The average molecular weight is 423 g/mol. The number of nitrogens with zero attached hydrogens (tertiary/aromatic N) is 1. The molecule has 3 aromatic carbocycles. The summed E-state index contributed by atoms with van der Waals surface area (Å²) in [5.74, 6) is -0.181. The fourth-order valence-electron chi connectivity index (χ4n) is 2.82. The summed E-state index contributed by atoms with van der Waals surface area (Å²) < 4.78 is 5.57. The van der Waals surface area contributed by atoms with E-state index >= 15 is 0 Å². The molecule has 0 heterocycles. The van der Waals surface area contributed by atoms with Crippen molar-refractivity contribution in [2.45, 2.75) is 6.92 Å². The molecule has 0 unspecified atom stereocenters. The maximum Gasteiger partial charge on any atom is 0.260 e. The minimum atomic E-state index is -0.322. The van der Waals surface area contributed by atoms with Gasteiger partial charge >= 0.3 is 0 Å². The first-order chi connectivity index (χ1) is 14.4. The summed E-state index contributed by atoms with van der Waals surface area (Å²) >= 11 is 6.31. The quantitative estimate of drug-likeness (QED) is 0.595. The van der Waals surface area contributed by atoms with Gasteiger partial charge in [-0.05, 0) is 42.3 Å². The van der Waals surface area contributed by atoms with Gasteiger partial charge in [-0.25, -0.2) is 0 Å². The van der Waals surface area contributed by atoms with Gasteiger partial charge in [0.15, 0.2) is 6.61 Å². The molecule has 0 spiro atoms. The second kappa shape index (κ2) is 9.94. The number of nitrogens with one attached hydrogen (secondary N) is 1. The zero-order valence-corrected chi connectivity index (χ0v) is 17.6. The first kappa shape index (κ1) is 21.4. The number of halogens is 1. The van der Waals surface area contributed by atoms with Gasteiger partial charge in [0.1, 0.15) is 5.75 Å². The van der Waals surface area contributed by atoms with Crippen LogP contribution in [-0.2, 0) is 9.59 Å². The van der Waals surface area contributed by atoms with Crippen molar-refractivity contribution in [2.24, 2.45) is 0 Å². The number of carbonyl (C=O) groups excluding carboxylic acids is 2. The van der Waals surface area contributed by atoms with E-state index in [4.69, 9.17) is 16.3 Å². The molecule has 0 bridgehead atoms. The Labute approximate surface area is 181 Å². The van der Waals surface area contributed by atoms with Crippen LogP contribution in [0.15, 0.2) is 72.8 Å². The predicted octanol–water partition coefficient (Wildman–Crippen LogP) is 4.79. The summed E-state index contributed by atoms with van der Waals surface area (Å²) in [5, 5.41) is 3.19. The van der Waals surface area contributed by atoms with E-state index in [-0.39, 0.29) is 25.0 Å². The zero-order chi connectivity index (χ0) is 21.5. The number of likely N-dealkylation sites (N-methyl/N-ethyl adjacent to an activating group) is 1. The van der Waals surface area contributed by atoms with Crippen LogP contribution in [0.3, 0.4) is 0 Å². The van der Waals surface area contributed by atoms with Gasteiger partial charge in [0.25, 0.3) is 5.91 Å². The Morgan fingerprint density at radius 1 is 0.967 bits per heavy atom. The number of aryl methyl sites for hydroxylation is 1. The number of benzene rings is 3. The van der Waals surface area contributed by atoms with Crippen LogP contribution in [0.5, 0.6) is 5.75 Å². The van der Waals surface area contributed by atoms with E-state index in [1.165, 1.54) is 4.90 Å². The van der Waals surface area contributed by atoms with Crippen LogP contribution in [0, 0.1) is 6.92 Å². The molecule has 0 radical (unpaired) electrons. The smallest absolute Gasteiger partial charge is 0.260 e. The van der Waals surface area contributed by atoms with Crippen molar-refractivity contribution in [2.75, 3.05) is 25.5 Å². The molecule has 154 valence electrons. The molecule has 2 amide bonds. The Balaban J connectivity index is 1.52. The molecule has 5 nitrogen and oxygen atoms in total. The van der Waals surface area contributed by atoms with E-state index < -0.39 is 0 Å². The van der Waals surface area contributed by atoms with Crippen molar-refractivity contribution >= 4 is 29.1 Å². The highest BCUT2D eigenvalue weighted by molar-refractivity contribution is 6.32. The number of rotatable bonds is 7. The molecule has 0 saturated carbocycles. The highest BCUT2D eigenvalue weighted by atomic mass is 35.5. The van der Waals surface area contributed by atoms with Gasteiger partial charge in [0.05, 0.1) is 11.6 Å². The molecule has 6 heteroatoms. The minimum absolute atomic E-state index is 0.0727. The fourth-order valence-corrected chi connectivity index (χ4v) is 3.05. The molecule has 30 heavy (non-hydrogen) atoms. The van der Waals surface area contributed by atoms with Gasteiger partial charge in [-0.1, -0.05) is 65.7 Å². The maximum atomic E-state index is 12.3. The van der Waals surface area contributed by atoms with Crippen LogP contribution in [0.1, 0.15) is 5.56 Å². The fraction of sp³-hybridized carbons (Fsp3) is 0.167. The normalized spacial score (nSPS) is 10.4. The summed E-state index contributed by atoms with van der Waals surface area (Å²) in [6, 6.07) is 22.7. The van der Waals surface area contributed by atoms with Crippen LogP contribution in [0.2, 0.25) is 5.02 Å². The van der Waals surface area contributed by atoms with E-state index in [9.17, 15) is 9.59 Å². The van der Waals surface area contributed by atoms with Crippen LogP contribution < -0.4 is 10.1 Å². The van der Waals surface area contributed by atoms with Crippen LogP contribution in [0.4, 0.5) is 5.69 Å². The maximum absolute atomic E-state index is 12.3. The molecule has 0 atom stereocenters. The molecule has 0 fully saturated rings. The van der Waals surface area contributed by atoms with Crippen molar-refractivity contribution < 1.29 is 14.3 Å². The van der Waals surface area contributed by atoms with Crippen LogP contribution in [-0.4, -0.2) is 36.9 Å². The lowest BCUT2D eigenvalue weighted by molar-refractivity contribution is -0.135. The zero-order valence-electron chi connectivity index (χ0n) is 16.9. The summed E-state index contributed by atoms with van der Waals surface area (Å²) in [4.78, 5) is 25.8. The van der Waals surface area contributed by atoms with E-state index in [2.05, 4.69) is 5.32 Å². The van der Waals surface area contributed by atoms with Gasteiger partial charge in [-0.3, -0.25) is 9.59 Å². The molecule has 0 saturated heterocycles. The van der Waals surface area contributed by atoms with Gasteiger partial charge in [-0.2, -0.15) is 0 Å². The number of hydrogen-bond acceptors (Lipinski definition) is 3. The van der Waals surface area contributed by atoms with E-state index in [1.54, 1.807) is 19.2 Å². The van der Waals surface area contributed by atoms with E-state index in [1.807, 2.05) is 67.6 Å². The van der Waals surface area contributed by atoms with Crippen LogP contribution in [0.25, 0.3) is 11.1 Å². The Morgan fingerprint density at radius 3 is 2.33 bits per heavy atom. The minimum Gasteiger partial charge on any atom is -0.482 e. The van der Waals surface area contributed by atoms with Crippen molar-refractivity contribution in [1.29, 1.82) is 0 Å². The van der Waals surface area contributed by atoms with Crippen molar-refractivity contribution in [1.82, 2.24) is 4.90 Å². The lowest BCUT2D eigenvalue weighted by Gasteiger charge is -2.17. The molecule has 0 aliphatic heterocycles. The highest BCUT2D eigenvalue weighted by Crippen LogP contribution is 2.30. The largest absolute Gasteiger partial charge is 0.482 e. The van der Waals surface area contributed by atoms with Crippen molar-refractivity contribution in [3.8, 4) is 16.9 Å². The van der Waals surface area contributed by atoms with E-state index in [0.29, 0.717) is 16.5 Å². The molecular weight excluding hydrogens is 400 g/mol. The highest BCUT2D eigenvalue weighted by Gasteiger charge is 2.15. The standard InChI is InChI=1S/C24H23ClN2O3/c1-17-8-11-20(12-9-17)26-23(28)15-27(2)24(29)16-30-22-13-10-19(14-21(22)25)18-6-4-3-5-7-18/h3-14H,15-16H2,1-2H3,(H,26,28). The number of amides is 2. The third-order valence-corrected chi connectivity index (χ3v) is 4.83. The van der Waals surface area contributed by atoms with Gasteiger partial charge in [0.2, 0.25) is 5.91 Å². The number of hydrogen-bond donors (Lipinski definition) is 1. The molecule has 3 aromatic rings. The lowest BCUT2D eigenvalue weighted by Crippen LogP contribution is -2.37. The molecule has 0 aromatic heterocycles. The number of carbonyl (C=O) groups is 2. The second-order valence-electron chi connectivity index (χ2n) is 6.96. The Morgan fingerprint density at radius 2 is 1.67 bits per heavy atom. The van der Waals surface area contributed by atoms with Crippen molar-refractivity contribution in [3.63, 3.8) is 0 Å².